The summed E-state index contributed by atoms with van der Waals surface area (Å²) in [6, 6.07) is 8.25. The van der Waals surface area contributed by atoms with Crippen molar-refractivity contribution in [3.8, 4) is 5.75 Å². The molecule has 0 saturated carbocycles. The van der Waals surface area contributed by atoms with Crippen LogP contribution < -0.4 is 15.4 Å². The third kappa shape index (κ3) is 3.96. The molecule has 0 bridgehead atoms. The lowest BCUT2D eigenvalue weighted by Crippen LogP contribution is -2.21. The SMILES string of the molecule is COc1ccc(Nc2nnc(CNC(C)C)o2)cc1. The lowest BCUT2D eigenvalue weighted by Gasteiger charge is -2.04. The van der Waals surface area contributed by atoms with E-state index in [0.717, 1.165) is 11.4 Å². The van der Waals surface area contributed by atoms with Gasteiger partial charge in [-0.3, -0.25) is 0 Å². The molecule has 2 aromatic rings. The number of nitrogens with zero attached hydrogens (tertiary/aromatic N) is 2. The highest BCUT2D eigenvalue weighted by Gasteiger charge is 2.06. The summed E-state index contributed by atoms with van der Waals surface area (Å²) >= 11 is 0. The number of benzene rings is 1. The van der Waals surface area contributed by atoms with Crippen molar-refractivity contribution in [1.82, 2.24) is 15.5 Å². The minimum absolute atomic E-state index is 0.380. The molecule has 1 aromatic heterocycles. The standard InChI is InChI=1S/C13H18N4O2/c1-9(2)14-8-12-16-17-13(19-12)15-10-4-6-11(18-3)7-5-10/h4-7,9,14H,8H2,1-3H3,(H,15,17). The Morgan fingerprint density at radius 2 is 1.95 bits per heavy atom. The van der Waals surface area contributed by atoms with E-state index < -0.39 is 0 Å². The average Bonchev–Trinajstić information content (AvgIpc) is 2.85. The average molecular weight is 262 g/mol. The molecule has 0 spiro atoms. The molecule has 6 nitrogen and oxygen atoms in total. The Morgan fingerprint density at radius 3 is 2.58 bits per heavy atom. The third-order valence-corrected chi connectivity index (χ3v) is 2.47. The van der Waals surface area contributed by atoms with Crippen molar-refractivity contribution in [1.29, 1.82) is 0 Å². The monoisotopic (exact) mass is 262 g/mol. The van der Waals surface area contributed by atoms with Gasteiger partial charge in [0.25, 0.3) is 0 Å². The molecular formula is C13H18N4O2. The van der Waals surface area contributed by atoms with Crippen LogP contribution in [0.3, 0.4) is 0 Å². The summed E-state index contributed by atoms with van der Waals surface area (Å²) in [5.74, 6) is 1.36. The minimum Gasteiger partial charge on any atom is -0.497 e. The second-order valence-corrected chi connectivity index (χ2v) is 4.39. The largest absolute Gasteiger partial charge is 0.497 e. The summed E-state index contributed by atoms with van der Waals surface area (Å²) in [5.41, 5.74) is 0.868. The van der Waals surface area contributed by atoms with Crippen molar-refractivity contribution >= 4 is 11.7 Å². The van der Waals surface area contributed by atoms with Crippen molar-refractivity contribution in [2.75, 3.05) is 12.4 Å². The molecule has 0 fully saturated rings. The first kappa shape index (κ1) is 13.4. The van der Waals surface area contributed by atoms with Crippen LogP contribution in [0.1, 0.15) is 19.7 Å². The zero-order valence-corrected chi connectivity index (χ0v) is 11.3. The first-order valence-electron chi connectivity index (χ1n) is 6.14. The van der Waals surface area contributed by atoms with Gasteiger partial charge >= 0.3 is 6.01 Å². The van der Waals surface area contributed by atoms with Gasteiger partial charge in [-0.2, -0.15) is 0 Å². The molecule has 0 unspecified atom stereocenters. The van der Waals surface area contributed by atoms with E-state index in [1.807, 2.05) is 24.3 Å². The molecule has 0 aliphatic heterocycles. The van der Waals surface area contributed by atoms with Gasteiger partial charge in [-0.15, -0.1) is 5.10 Å². The third-order valence-electron chi connectivity index (χ3n) is 2.47. The predicted molar refractivity (Wildman–Crippen MR) is 72.6 cm³/mol. The van der Waals surface area contributed by atoms with Gasteiger partial charge in [0.1, 0.15) is 5.75 Å². The highest BCUT2D eigenvalue weighted by Crippen LogP contribution is 2.18. The first-order valence-corrected chi connectivity index (χ1v) is 6.14. The Morgan fingerprint density at radius 1 is 1.21 bits per heavy atom. The van der Waals surface area contributed by atoms with E-state index in [9.17, 15) is 0 Å². The number of ether oxygens (including phenoxy) is 1. The van der Waals surface area contributed by atoms with Crippen LogP contribution in [-0.4, -0.2) is 23.3 Å². The van der Waals surface area contributed by atoms with Crippen molar-refractivity contribution in [3.05, 3.63) is 30.2 Å². The maximum absolute atomic E-state index is 5.47. The van der Waals surface area contributed by atoms with Gasteiger partial charge in [0, 0.05) is 11.7 Å². The molecule has 19 heavy (non-hydrogen) atoms. The molecule has 0 saturated heterocycles. The Bertz CT molecular complexity index is 508. The van der Waals surface area contributed by atoms with E-state index >= 15 is 0 Å². The molecule has 0 radical (unpaired) electrons. The molecule has 0 atom stereocenters. The van der Waals surface area contributed by atoms with Crippen LogP contribution in [0.5, 0.6) is 5.75 Å². The quantitative estimate of drug-likeness (QED) is 0.832. The second kappa shape index (κ2) is 6.19. The number of anilines is 2. The van der Waals surface area contributed by atoms with E-state index in [2.05, 4.69) is 34.7 Å². The van der Waals surface area contributed by atoms with Crippen LogP contribution in [0.25, 0.3) is 0 Å². The molecule has 2 rings (SSSR count). The second-order valence-electron chi connectivity index (χ2n) is 4.39. The van der Waals surface area contributed by atoms with E-state index in [0.29, 0.717) is 24.5 Å². The number of aromatic nitrogens is 2. The van der Waals surface area contributed by atoms with E-state index in [4.69, 9.17) is 9.15 Å². The summed E-state index contributed by atoms with van der Waals surface area (Å²) in [5, 5.41) is 14.1. The smallest absolute Gasteiger partial charge is 0.320 e. The molecule has 0 amide bonds. The van der Waals surface area contributed by atoms with Crippen LogP contribution in [-0.2, 0) is 6.54 Å². The summed E-state index contributed by atoms with van der Waals surface area (Å²) in [4.78, 5) is 0. The van der Waals surface area contributed by atoms with Crippen LogP contribution in [0.4, 0.5) is 11.7 Å². The zero-order chi connectivity index (χ0) is 13.7. The van der Waals surface area contributed by atoms with Crippen LogP contribution >= 0.6 is 0 Å². The molecule has 2 N–H and O–H groups in total. The van der Waals surface area contributed by atoms with Crippen molar-refractivity contribution in [2.45, 2.75) is 26.4 Å². The van der Waals surface area contributed by atoms with Crippen LogP contribution in [0, 0.1) is 0 Å². The molecule has 6 heteroatoms. The van der Waals surface area contributed by atoms with Crippen LogP contribution in [0.2, 0.25) is 0 Å². The van der Waals surface area contributed by atoms with Gasteiger partial charge in [0.15, 0.2) is 0 Å². The fourth-order valence-electron chi connectivity index (χ4n) is 1.46. The van der Waals surface area contributed by atoms with E-state index in [-0.39, 0.29) is 0 Å². The Kier molecular flexibility index (Phi) is 4.35. The van der Waals surface area contributed by atoms with Crippen molar-refractivity contribution < 1.29 is 9.15 Å². The lowest BCUT2D eigenvalue weighted by atomic mass is 10.3. The Labute approximate surface area is 112 Å². The fraction of sp³-hybridized carbons (Fsp3) is 0.385. The highest BCUT2D eigenvalue weighted by molar-refractivity contribution is 5.53. The summed E-state index contributed by atoms with van der Waals surface area (Å²) in [6.07, 6.45) is 0. The number of nitrogens with one attached hydrogen (secondary N) is 2. The van der Waals surface area contributed by atoms with Gasteiger partial charge in [-0.05, 0) is 24.3 Å². The molecule has 1 heterocycles. The highest BCUT2D eigenvalue weighted by atomic mass is 16.5. The van der Waals surface area contributed by atoms with Gasteiger partial charge in [-0.1, -0.05) is 18.9 Å². The van der Waals surface area contributed by atoms with E-state index in [1.165, 1.54) is 0 Å². The Hall–Kier alpha value is -2.08. The van der Waals surface area contributed by atoms with Crippen molar-refractivity contribution in [2.24, 2.45) is 0 Å². The normalized spacial score (nSPS) is 10.7. The van der Waals surface area contributed by atoms with Crippen molar-refractivity contribution in [3.63, 3.8) is 0 Å². The fourth-order valence-corrected chi connectivity index (χ4v) is 1.46. The molecular weight excluding hydrogens is 244 g/mol. The molecule has 0 aliphatic carbocycles. The summed E-state index contributed by atoms with van der Waals surface area (Å²) in [7, 11) is 1.63. The maximum Gasteiger partial charge on any atom is 0.320 e. The number of hydrogen-bond donors (Lipinski definition) is 2. The van der Waals surface area contributed by atoms with E-state index in [1.54, 1.807) is 7.11 Å². The summed E-state index contributed by atoms with van der Waals surface area (Å²) < 4.78 is 10.6. The lowest BCUT2D eigenvalue weighted by molar-refractivity contribution is 0.415. The number of methoxy groups -OCH3 is 1. The molecule has 0 aliphatic rings. The predicted octanol–water partition coefficient (Wildman–Crippen LogP) is 2.32. The Balaban J connectivity index is 1.95. The summed E-state index contributed by atoms with van der Waals surface area (Å²) in [6.45, 7) is 4.69. The molecule has 1 aromatic carbocycles. The van der Waals surface area contributed by atoms with Gasteiger partial charge in [0.05, 0.1) is 13.7 Å². The van der Waals surface area contributed by atoms with Gasteiger partial charge < -0.3 is 19.8 Å². The molecule has 102 valence electrons. The number of rotatable bonds is 6. The van der Waals surface area contributed by atoms with Gasteiger partial charge in [0.2, 0.25) is 5.89 Å². The van der Waals surface area contributed by atoms with Gasteiger partial charge in [-0.25, -0.2) is 0 Å². The van der Waals surface area contributed by atoms with Crippen LogP contribution in [0.15, 0.2) is 28.7 Å². The topological polar surface area (TPSA) is 72.2 Å². The maximum atomic E-state index is 5.47. The number of hydrogen-bond acceptors (Lipinski definition) is 6. The minimum atomic E-state index is 0.380. The zero-order valence-electron chi connectivity index (χ0n) is 11.3. The first-order chi connectivity index (χ1) is 9.17.